The van der Waals surface area contributed by atoms with E-state index in [1.807, 2.05) is 14.1 Å². The molecular weight excluding hydrogens is 367 g/mol. The van der Waals surface area contributed by atoms with Gasteiger partial charge in [0.2, 0.25) is 5.91 Å². The highest BCUT2D eigenvalue weighted by atomic mass is 31.2. The maximum atomic E-state index is 11.8. The van der Waals surface area contributed by atoms with E-state index < -0.39 is 7.82 Å². The fraction of sp³-hybridized carbons (Fsp3) is 0.947. The Morgan fingerprint density at radius 3 is 1.56 bits per heavy atom. The largest absolute Gasteiger partial charge is 0.466 e. The molecule has 0 aliphatic carbocycles. The predicted octanol–water partition coefficient (Wildman–Crippen LogP) is 4.17. The number of amides is 1. The van der Waals surface area contributed by atoms with Crippen molar-refractivity contribution < 1.29 is 24.0 Å². The molecule has 7 nitrogen and oxygen atoms in total. The van der Waals surface area contributed by atoms with E-state index in [0.717, 1.165) is 12.8 Å². The zero-order valence-corrected chi connectivity index (χ0v) is 18.7. The third-order valence-corrected chi connectivity index (χ3v) is 4.35. The molecule has 8 heteroatoms. The molecule has 27 heavy (non-hydrogen) atoms. The van der Waals surface area contributed by atoms with Crippen molar-refractivity contribution in [2.24, 2.45) is 0 Å². The van der Waals surface area contributed by atoms with Crippen molar-refractivity contribution in [1.82, 2.24) is 10.2 Å². The molecule has 0 radical (unpaired) electrons. The molecular formula is C19H43N2O5P. The molecule has 0 rings (SSSR count). The number of rotatable bonds is 15. The van der Waals surface area contributed by atoms with Crippen LogP contribution >= 0.6 is 7.82 Å². The van der Waals surface area contributed by atoms with E-state index in [1.54, 1.807) is 0 Å². The summed E-state index contributed by atoms with van der Waals surface area (Å²) < 4.78 is 8.88. The van der Waals surface area contributed by atoms with Crippen molar-refractivity contribution >= 4 is 13.7 Å². The fourth-order valence-electron chi connectivity index (χ4n) is 2.80. The van der Waals surface area contributed by atoms with Gasteiger partial charge in [-0.1, -0.05) is 78.1 Å². The topological polar surface area (TPSA) is 110 Å². The highest BCUT2D eigenvalue weighted by Crippen LogP contribution is 2.25. The summed E-state index contributed by atoms with van der Waals surface area (Å²) in [7, 11) is -0.618. The third-order valence-electron chi connectivity index (χ3n) is 4.35. The van der Waals surface area contributed by atoms with Gasteiger partial charge in [0, 0.05) is 6.42 Å². The van der Waals surface area contributed by atoms with Crippen molar-refractivity contribution in [1.29, 1.82) is 0 Å². The zero-order chi connectivity index (χ0) is 21.1. The summed E-state index contributed by atoms with van der Waals surface area (Å²) in [4.78, 5) is 35.5. The lowest BCUT2D eigenvalue weighted by atomic mass is 10.1. The van der Waals surface area contributed by atoms with Crippen LogP contribution in [0.3, 0.4) is 0 Å². The Morgan fingerprint density at radius 2 is 1.22 bits per heavy atom. The highest BCUT2D eigenvalue weighted by Gasteiger charge is 2.11. The number of carbonyl (C=O) groups excluding carboxylic acids is 1. The number of nitrogens with zero attached hydrogens (tertiary/aromatic N) is 1. The second kappa shape index (κ2) is 18.9. The van der Waals surface area contributed by atoms with Gasteiger partial charge >= 0.3 is 7.82 Å². The molecule has 1 amide bonds. The van der Waals surface area contributed by atoms with Crippen LogP contribution in [0, 0.1) is 0 Å². The molecule has 0 saturated carbocycles. The van der Waals surface area contributed by atoms with E-state index in [0.29, 0.717) is 6.42 Å². The minimum absolute atomic E-state index is 0.181. The Kier molecular flexibility index (Phi) is 20.1. The van der Waals surface area contributed by atoms with Gasteiger partial charge in [-0.3, -0.25) is 9.69 Å². The second-order valence-electron chi connectivity index (χ2n) is 7.25. The van der Waals surface area contributed by atoms with Crippen LogP contribution in [0.1, 0.15) is 97.3 Å². The molecule has 0 aromatic heterocycles. The second-order valence-corrected chi connectivity index (χ2v) is 8.28. The monoisotopic (exact) mass is 410 g/mol. The summed E-state index contributed by atoms with van der Waals surface area (Å²) in [5.74, 6) is 0.205. The summed E-state index contributed by atoms with van der Waals surface area (Å²) in [5.41, 5.74) is 0. The van der Waals surface area contributed by atoms with Crippen molar-refractivity contribution in [2.45, 2.75) is 103 Å². The first-order chi connectivity index (χ1) is 12.6. The van der Waals surface area contributed by atoms with E-state index in [9.17, 15) is 4.79 Å². The van der Waals surface area contributed by atoms with Crippen LogP contribution in [0.4, 0.5) is 0 Å². The Labute approximate surface area is 166 Å². The highest BCUT2D eigenvalue weighted by molar-refractivity contribution is 7.45. The van der Waals surface area contributed by atoms with Crippen LogP contribution in [-0.2, 0) is 9.36 Å². The van der Waals surface area contributed by atoms with E-state index >= 15 is 0 Å². The third kappa shape index (κ3) is 27.9. The number of hydrogen-bond donors (Lipinski definition) is 4. The number of nitrogens with one attached hydrogen (secondary N) is 1. The molecule has 0 heterocycles. The molecule has 0 bridgehead atoms. The Hall–Kier alpha value is -0.460. The first kappa shape index (κ1) is 28.7. The maximum absolute atomic E-state index is 11.8. The van der Waals surface area contributed by atoms with Crippen LogP contribution in [-0.4, -0.2) is 45.7 Å². The average Bonchev–Trinajstić information content (AvgIpc) is 2.55. The van der Waals surface area contributed by atoms with Crippen LogP contribution in [0.25, 0.3) is 0 Å². The first-order valence-corrected chi connectivity index (χ1v) is 11.9. The van der Waals surface area contributed by atoms with Crippen LogP contribution in [0.5, 0.6) is 0 Å². The van der Waals surface area contributed by atoms with Crippen molar-refractivity contribution in [2.75, 3.05) is 14.1 Å². The Balaban J connectivity index is 0. The normalized spacial score (nSPS) is 12.4. The molecule has 0 aromatic rings. The summed E-state index contributed by atoms with van der Waals surface area (Å²) >= 11 is 0. The van der Waals surface area contributed by atoms with E-state index in [4.69, 9.17) is 19.2 Å². The van der Waals surface area contributed by atoms with Gasteiger partial charge in [0.1, 0.15) is 0 Å². The SMILES string of the molecule is CCCCCCCCCCCCCC(=O)NC(CC)N(C)C.O=P(O)(O)O. The molecule has 0 spiro atoms. The Morgan fingerprint density at radius 1 is 0.852 bits per heavy atom. The lowest BCUT2D eigenvalue weighted by Gasteiger charge is -2.23. The van der Waals surface area contributed by atoms with E-state index in [2.05, 4.69) is 24.1 Å². The number of hydrogen-bond acceptors (Lipinski definition) is 3. The van der Waals surface area contributed by atoms with Gasteiger partial charge < -0.3 is 20.0 Å². The predicted molar refractivity (Wildman–Crippen MR) is 111 cm³/mol. The van der Waals surface area contributed by atoms with Gasteiger partial charge in [0.15, 0.2) is 0 Å². The molecule has 0 aliphatic heterocycles. The molecule has 0 fully saturated rings. The molecule has 0 aliphatic rings. The molecule has 0 saturated heterocycles. The average molecular weight is 411 g/mol. The van der Waals surface area contributed by atoms with Crippen LogP contribution in [0.2, 0.25) is 0 Å². The summed E-state index contributed by atoms with van der Waals surface area (Å²) in [6, 6.07) is 0. The number of phosphoric acid groups is 1. The van der Waals surface area contributed by atoms with Crippen molar-refractivity contribution in [3.8, 4) is 0 Å². The molecule has 0 aromatic carbocycles. The summed E-state index contributed by atoms with van der Waals surface area (Å²) in [5, 5.41) is 3.09. The van der Waals surface area contributed by atoms with Gasteiger partial charge in [-0.15, -0.1) is 0 Å². The fourth-order valence-corrected chi connectivity index (χ4v) is 2.80. The maximum Gasteiger partial charge on any atom is 0.466 e. The zero-order valence-electron chi connectivity index (χ0n) is 17.8. The van der Waals surface area contributed by atoms with E-state index in [1.165, 1.54) is 64.2 Å². The first-order valence-electron chi connectivity index (χ1n) is 10.4. The van der Waals surface area contributed by atoms with Crippen LogP contribution in [0.15, 0.2) is 0 Å². The minimum atomic E-state index is -4.64. The smallest absolute Gasteiger partial charge is 0.341 e. The lowest BCUT2D eigenvalue weighted by molar-refractivity contribution is -0.123. The van der Waals surface area contributed by atoms with Gasteiger partial charge in [0.25, 0.3) is 0 Å². The lowest BCUT2D eigenvalue weighted by Crippen LogP contribution is -2.44. The van der Waals surface area contributed by atoms with Gasteiger partial charge in [-0.2, -0.15) is 0 Å². The van der Waals surface area contributed by atoms with E-state index in [-0.39, 0.29) is 12.1 Å². The van der Waals surface area contributed by atoms with Crippen LogP contribution < -0.4 is 5.32 Å². The molecule has 164 valence electrons. The number of unbranched alkanes of at least 4 members (excludes halogenated alkanes) is 10. The quantitative estimate of drug-likeness (QED) is 0.183. The Bertz CT molecular complexity index is 380. The number of carbonyl (C=O) groups is 1. The summed E-state index contributed by atoms with van der Waals surface area (Å²) in [6.07, 6.45) is 16.4. The summed E-state index contributed by atoms with van der Waals surface area (Å²) in [6.45, 7) is 4.37. The molecule has 4 N–H and O–H groups in total. The standard InChI is InChI=1S/C19H40N2O.H3O4P/c1-5-7-8-9-10-11-12-13-14-15-16-17-19(22)20-18(6-2)21(3)4;1-5(2,3)4/h18H,5-17H2,1-4H3,(H,20,22);(H3,1,2,3,4). The van der Waals surface area contributed by atoms with Gasteiger partial charge in [-0.05, 0) is 26.9 Å². The van der Waals surface area contributed by atoms with Crippen molar-refractivity contribution in [3.63, 3.8) is 0 Å². The molecule has 1 atom stereocenters. The minimum Gasteiger partial charge on any atom is -0.341 e. The van der Waals surface area contributed by atoms with Gasteiger partial charge in [0.05, 0.1) is 6.17 Å². The molecule has 1 unspecified atom stereocenters. The van der Waals surface area contributed by atoms with Crippen molar-refractivity contribution in [3.05, 3.63) is 0 Å². The van der Waals surface area contributed by atoms with Gasteiger partial charge in [-0.25, -0.2) is 4.57 Å².